The normalized spacial score (nSPS) is 13.7. The minimum atomic E-state index is -4.07. The third-order valence-electron chi connectivity index (χ3n) is 5.50. The van der Waals surface area contributed by atoms with Crippen LogP contribution in [0.25, 0.3) is 0 Å². The van der Waals surface area contributed by atoms with Gasteiger partial charge >= 0.3 is 0 Å². The third kappa shape index (κ3) is 5.56. The SMILES string of the molecule is CCN(Cc1cccc(C)n1)C(=O)CN(c1ccc(OC)nc1)S(=O)(=O)C1=C(C)C=CCN1C. The van der Waals surface area contributed by atoms with Crippen molar-refractivity contribution in [1.82, 2.24) is 19.8 Å². The van der Waals surface area contributed by atoms with E-state index in [9.17, 15) is 13.2 Å². The highest BCUT2D eigenvalue weighted by Gasteiger charge is 2.34. The summed E-state index contributed by atoms with van der Waals surface area (Å²) in [7, 11) is -0.869. The van der Waals surface area contributed by atoms with E-state index in [1.165, 1.54) is 13.3 Å². The molecule has 1 amide bonds. The van der Waals surface area contributed by atoms with Crippen LogP contribution < -0.4 is 9.04 Å². The molecule has 0 fully saturated rings. The molecule has 0 aromatic carbocycles. The number of amides is 1. The zero-order chi connectivity index (χ0) is 24.9. The molecule has 34 heavy (non-hydrogen) atoms. The Balaban J connectivity index is 1.98. The second-order valence-electron chi connectivity index (χ2n) is 8.02. The molecule has 0 radical (unpaired) electrons. The summed E-state index contributed by atoms with van der Waals surface area (Å²) < 4.78 is 33.9. The molecular weight excluding hydrogens is 454 g/mol. The topological polar surface area (TPSA) is 95.9 Å². The van der Waals surface area contributed by atoms with Crippen molar-refractivity contribution in [3.05, 3.63) is 70.7 Å². The lowest BCUT2D eigenvalue weighted by Gasteiger charge is -2.32. The first-order chi connectivity index (χ1) is 16.2. The molecule has 0 atom stereocenters. The molecule has 3 rings (SSSR count). The number of hydrogen-bond donors (Lipinski definition) is 0. The Bertz CT molecular complexity index is 1190. The zero-order valence-corrected chi connectivity index (χ0v) is 21.0. The van der Waals surface area contributed by atoms with Crippen molar-refractivity contribution in [3.63, 3.8) is 0 Å². The number of allylic oxidation sites excluding steroid dienone is 2. The highest BCUT2D eigenvalue weighted by Crippen LogP contribution is 2.29. The smallest absolute Gasteiger partial charge is 0.280 e. The summed E-state index contributed by atoms with van der Waals surface area (Å²) in [6, 6.07) is 8.78. The number of hydrogen-bond acceptors (Lipinski definition) is 7. The number of sulfonamides is 1. The number of likely N-dealkylation sites (N-methyl/N-ethyl adjacent to an activating group) is 2. The lowest BCUT2D eigenvalue weighted by atomic mass is 10.2. The van der Waals surface area contributed by atoms with E-state index < -0.39 is 10.0 Å². The molecule has 3 heterocycles. The number of pyridine rings is 2. The van der Waals surface area contributed by atoms with Crippen molar-refractivity contribution in [2.24, 2.45) is 0 Å². The second kappa shape index (κ2) is 10.7. The van der Waals surface area contributed by atoms with Crippen molar-refractivity contribution < 1.29 is 17.9 Å². The van der Waals surface area contributed by atoms with Gasteiger partial charge in [-0.3, -0.25) is 14.1 Å². The second-order valence-corrected chi connectivity index (χ2v) is 9.80. The highest BCUT2D eigenvalue weighted by atomic mass is 32.2. The van der Waals surface area contributed by atoms with Crippen LogP contribution in [0.4, 0.5) is 5.69 Å². The average molecular weight is 486 g/mol. The number of aryl methyl sites for hydroxylation is 1. The van der Waals surface area contributed by atoms with Gasteiger partial charge in [0.1, 0.15) is 6.54 Å². The van der Waals surface area contributed by atoms with Crippen molar-refractivity contribution in [2.45, 2.75) is 27.3 Å². The number of nitrogens with zero attached hydrogens (tertiary/aromatic N) is 5. The van der Waals surface area contributed by atoms with E-state index in [0.717, 1.165) is 15.7 Å². The summed E-state index contributed by atoms with van der Waals surface area (Å²) >= 11 is 0. The van der Waals surface area contributed by atoms with Crippen molar-refractivity contribution in [2.75, 3.05) is 38.1 Å². The van der Waals surface area contributed by atoms with E-state index in [1.807, 2.05) is 38.1 Å². The standard InChI is InChI=1S/C24H31N5O4S/c1-6-28(16-20-11-7-10-19(3)26-20)23(30)17-29(21-12-13-22(33-5)25-15-21)34(31,32)24-18(2)9-8-14-27(24)4/h7-13,15H,6,14,16-17H2,1-5H3. The van der Waals surface area contributed by atoms with E-state index in [-0.39, 0.29) is 29.7 Å². The molecule has 2 aromatic heterocycles. The molecule has 9 nitrogen and oxygen atoms in total. The van der Waals surface area contributed by atoms with E-state index in [2.05, 4.69) is 9.97 Å². The molecule has 0 saturated heterocycles. The molecule has 0 bridgehead atoms. The number of rotatable bonds is 9. The summed E-state index contributed by atoms with van der Waals surface area (Å²) in [6.45, 7) is 6.27. The molecule has 0 aliphatic carbocycles. The van der Waals surface area contributed by atoms with Crippen LogP contribution in [0.5, 0.6) is 5.88 Å². The number of carbonyl (C=O) groups excluding carboxylic acids is 1. The van der Waals surface area contributed by atoms with Gasteiger partial charge in [-0.15, -0.1) is 0 Å². The maximum Gasteiger partial charge on any atom is 0.280 e. The first-order valence-electron chi connectivity index (χ1n) is 11.0. The maximum absolute atomic E-state index is 13.9. The molecule has 1 aliphatic rings. The average Bonchev–Trinajstić information content (AvgIpc) is 2.80. The summed E-state index contributed by atoms with van der Waals surface area (Å²) in [6.07, 6.45) is 5.07. The maximum atomic E-state index is 13.9. The lowest BCUT2D eigenvalue weighted by molar-refractivity contribution is -0.130. The van der Waals surface area contributed by atoms with Gasteiger partial charge in [0.15, 0.2) is 5.03 Å². The van der Waals surface area contributed by atoms with Crippen LogP contribution in [-0.4, -0.2) is 67.9 Å². The Morgan fingerprint density at radius 3 is 2.56 bits per heavy atom. The Hall–Kier alpha value is -3.40. The van der Waals surface area contributed by atoms with E-state index in [1.54, 1.807) is 42.0 Å². The van der Waals surface area contributed by atoms with Gasteiger partial charge < -0.3 is 14.5 Å². The van der Waals surface area contributed by atoms with Crippen molar-refractivity contribution >= 4 is 21.6 Å². The van der Waals surface area contributed by atoms with Crippen molar-refractivity contribution in [1.29, 1.82) is 0 Å². The van der Waals surface area contributed by atoms with Gasteiger partial charge in [-0.05, 0) is 44.5 Å². The Kier molecular flexibility index (Phi) is 7.93. The summed E-state index contributed by atoms with van der Waals surface area (Å²) in [4.78, 5) is 25.2. The van der Waals surface area contributed by atoms with Crippen LogP contribution in [0.1, 0.15) is 25.2 Å². The van der Waals surface area contributed by atoms with E-state index in [0.29, 0.717) is 24.5 Å². The van der Waals surface area contributed by atoms with E-state index >= 15 is 0 Å². The first-order valence-corrected chi connectivity index (χ1v) is 12.4. The Morgan fingerprint density at radius 1 is 1.21 bits per heavy atom. The van der Waals surface area contributed by atoms with Gasteiger partial charge in [0.05, 0.1) is 31.2 Å². The van der Waals surface area contributed by atoms with Crippen LogP contribution in [0.3, 0.4) is 0 Å². The molecule has 1 aliphatic heterocycles. The van der Waals surface area contributed by atoms with Gasteiger partial charge in [-0.25, -0.2) is 4.98 Å². The molecule has 2 aromatic rings. The number of ether oxygens (including phenoxy) is 1. The Morgan fingerprint density at radius 2 is 1.97 bits per heavy atom. The number of carbonyl (C=O) groups is 1. The summed E-state index contributed by atoms with van der Waals surface area (Å²) in [5.74, 6) is 0.0127. The zero-order valence-electron chi connectivity index (χ0n) is 20.2. The van der Waals surface area contributed by atoms with Gasteiger partial charge in [0, 0.05) is 31.9 Å². The Labute approximate surface area is 201 Å². The van der Waals surface area contributed by atoms with Crippen LogP contribution in [0.15, 0.2) is 59.3 Å². The quantitative estimate of drug-likeness (QED) is 0.539. The van der Waals surface area contributed by atoms with Crippen molar-refractivity contribution in [3.8, 4) is 5.88 Å². The van der Waals surface area contributed by atoms with Gasteiger partial charge in [-0.2, -0.15) is 8.42 Å². The van der Waals surface area contributed by atoms with Gasteiger partial charge in [0.2, 0.25) is 11.8 Å². The lowest BCUT2D eigenvalue weighted by Crippen LogP contribution is -2.45. The molecule has 0 spiro atoms. The molecule has 0 saturated carbocycles. The summed E-state index contributed by atoms with van der Waals surface area (Å²) in [5, 5.41) is 0.155. The monoisotopic (exact) mass is 485 g/mol. The number of anilines is 1. The van der Waals surface area contributed by atoms with Crippen LogP contribution in [0.2, 0.25) is 0 Å². The fourth-order valence-corrected chi connectivity index (χ4v) is 5.60. The van der Waals surface area contributed by atoms with Crippen LogP contribution in [-0.2, 0) is 21.4 Å². The predicted molar refractivity (Wildman–Crippen MR) is 132 cm³/mol. The highest BCUT2D eigenvalue weighted by molar-refractivity contribution is 7.96. The fourth-order valence-electron chi connectivity index (χ4n) is 3.79. The summed E-state index contributed by atoms with van der Waals surface area (Å²) in [5.41, 5.74) is 2.47. The van der Waals surface area contributed by atoms with E-state index in [4.69, 9.17) is 4.74 Å². The fraction of sp³-hybridized carbons (Fsp3) is 0.375. The van der Waals surface area contributed by atoms with Gasteiger partial charge in [0.25, 0.3) is 10.0 Å². The minimum absolute atomic E-state index is 0.155. The third-order valence-corrected chi connectivity index (χ3v) is 7.54. The molecular formula is C24H31N5O4S. The molecule has 182 valence electrons. The number of methoxy groups -OCH3 is 1. The largest absolute Gasteiger partial charge is 0.481 e. The van der Waals surface area contributed by atoms with Crippen LogP contribution in [0, 0.1) is 6.92 Å². The predicted octanol–water partition coefficient (Wildman–Crippen LogP) is 2.71. The minimum Gasteiger partial charge on any atom is -0.481 e. The molecule has 10 heteroatoms. The van der Waals surface area contributed by atoms with Gasteiger partial charge in [-0.1, -0.05) is 18.2 Å². The number of aromatic nitrogens is 2. The molecule has 0 N–H and O–H groups in total. The first kappa shape index (κ1) is 25.2. The molecule has 0 unspecified atom stereocenters. The van der Waals surface area contributed by atoms with Crippen LogP contribution >= 0.6 is 0 Å².